The molecule has 0 spiro atoms. The molecule has 2 N–H and O–H groups in total. The summed E-state index contributed by atoms with van der Waals surface area (Å²) in [7, 11) is 1.59. The van der Waals surface area contributed by atoms with E-state index in [1.807, 2.05) is 12.1 Å². The Labute approximate surface area is 111 Å². The van der Waals surface area contributed by atoms with Crippen LogP contribution in [0.3, 0.4) is 0 Å². The van der Waals surface area contributed by atoms with Gasteiger partial charge in [0, 0.05) is 17.7 Å². The molecule has 0 aliphatic carbocycles. The molecule has 1 aromatic carbocycles. The molecule has 0 radical (unpaired) electrons. The van der Waals surface area contributed by atoms with E-state index < -0.39 is 0 Å². The molecule has 1 aromatic heterocycles. The Balaban J connectivity index is 2.14. The van der Waals surface area contributed by atoms with Crippen LogP contribution < -0.4 is 15.0 Å². The number of pyridine rings is 1. The quantitative estimate of drug-likeness (QED) is 0.516. The highest BCUT2D eigenvalue weighted by Crippen LogP contribution is 2.11. The highest BCUT2D eigenvalue weighted by atomic mass is 16.5. The van der Waals surface area contributed by atoms with Gasteiger partial charge in [0.2, 0.25) is 0 Å². The van der Waals surface area contributed by atoms with Gasteiger partial charge < -0.3 is 4.74 Å². The summed E-state index contributed by atoms with van der Waals surface area (Å²) in [5.41, 5.74) is 6.37. The van der Waals surface area contributed by atoms with E-state index >= 15 is 0 Å². The molecule has 0 saturated carbocycles. The predicted molar refractivity (Wildman–Crippen MR) is 73.7 cm³/mol. The summed E-state index contributed by atoms with van der Waals surface area (Å²) in [5.74, 6) is 1.21. The van der Waals surface area contributed by atoms with E-state index in [1.54, 1.807) is 54.4 Å². The summed E-state index contributed by atoms with van der Waals surface area (Å²) >= 11 is 0. The second-order valence-corrected chi connectivity index (χ2v) is 3.94. The van der Waals surface area contributed by atoms with Crippen LogP contribution in [-0.2, 0) is 0 Å². The van der Waals surface area contributed by atoms with Crippen LogP contribution in [0.2, 0.25) is 0 Å². The molecule has 0 unspecified atom stereocenters. The number of nitrogens with zero attached hydrogens (tertiary/aromatic N) is 1. The number of ether oxygens (including phenoxy) is 1. The smallest absolute Gasteiger partial charge is 0.276 e. The zero-order valence-electron chi connectivity index (χ0n) is 10.6. The number of nitrogens with two attached hydrogens (primary N) is 1. The van der Waals surface area contributed by atoms with E-state index in [1.165, 1.54) is 6.08 Å². The first-order chi connectivity index (χ1) is 9.20. The van der Waals surface area contributed by atoms with Crippen molar-refractivity contribution in [3.8, 4) is 5.75 Å². The minimum atomic E-state index is -0.0848. The highest BCUT2D eigenvalue weighted by Gasteiger charge is 2.03. The molecule has 1 heterocycles. The molecular formula is C15H15N2O2+. The number of hydrogen-bond donors (Lipinski definition) is 1. The number of carbonyl (C=O) groups excluding carboxylic acids is 1. The van der Waals surface area contributed by atoms with Crippen LogP contribution in [0.4, 0.5) is 5.82 Å². The predicted octanol–water partition coefficient (Wildman–Crippen LogP) is 1.92. The van der Waals surface area contributed by atoms with Crippen molar-refractivity contribution >= 4 is 17.8 Å². The minimum absolute atomic E-state index is 0.0848. The summed E-state index contributed by atoms with van der Waals surface area (Å²) in [6.07, 6.45) is 4.91. The number of carbonyl (C=O) groups is 1. The second kappa shape index (κ2) is 5.82. The third-order valence-corrected chi connectivity index (χ3v) is 2.68. The number of hydrogen-bond acceptors (Lipinski definition) is 3. The van der Waals surface area contributed by atoms with Crippen molar-refractivity contribution in [2.24, 2.45) is 0 Å². The Hall–Kier alpha value is -2.62. The lowest BCUT2D eigenvalue weighted by Crippen LogP contribution is -2.29. The van der Waals surface area contributed by atoms with E-state index in [0.717, 1.165) is 5.75 Å². The van der Waals surface area contributed by atoms with Gasteiger partial charge in [0.15, 0.2) is 5.78 Å². The lowest BCUT2D eigenvalue weighted by Gasteiger charge is -2.00. The molecule has 0 amide bonds. The number of ketones is 1. The molecule has 0 aliphatic heterocycles. The average molecular weight is 255 g/mol. The van der Waals surface area contributed by atoms with Crippen molar-refractivity contribution in [2.75, 3.05) is 12.8 Å². The van der Waals surface area contributed by atoms with Crippen molar-refractivity contribution in [1.29, 1.82) is 0 Å². The maximum Gasteiger partial charge on any atom is 0.276 e. The molecule has 4 nitrogen and oxygen atoms in total. The molecule has 19 heavy (non-hydrogen) atoms. The normalized spacial score (nSPS) is 10.6. The first kappa shape index (κ1) is 12.8. The summed E-state index contributed by atoms with van der Waals surface area (Å²) in [6.45, 7) is 0. The van der Waals surface area contributed by atoms with Gasteiger partial charge in [0.25, 0.3) is 5.82 Å². The number of rotatable bonds is 4. The standard InChI is InChI=1S/C15H14N2O2/c1-19-13-7-5-12(6-8-13)14(18)9-11-17-10-3-2-4-15(17)16/h2-11,16H,1H3/p+1. The van der Waals surface area contributed by atoms with Crippen molar-refractivity contribution in [3.05, 3.63) is 60.3 Å². The molecule has 0 aliphatic rings. The van der Waals surface area contributed by atoms with Crippen LogP contribution in [-0.4, -0.2) is 12.9 Å². The Kier molecular flexibility index (Phi) is 3.93. The largest absolute Gasteiger partial charge is 0.497 e. The summed E-state index contributed by atoms with van der Waals surface area (Å²) in [5, 5.41) is 0. The zero-order valence-corrected chi connectivity index (χ0v) is 10.6. The van der Waals surface area contributed by atoms with Crippen molar-refractivity contribution in [2.45, 2.75) is 0 Å². The molecule has 4 heteroatoms. The van der Waals surface area contributed by atoms with E-state index in [2.05, 4.69) is 0 Å². The first-order valence-electron chi connectivity index (χ1n) is 5.83. The lowest BCUT2D eigenvalue weighted by atomic mass is 10.1. The van der Waals surface area contributed by atoms with Gasteiger partial charge in [0.1, 0.15) is 5.75 Å². The fraction of sp³-hybridized carbons (Fsp3) is 0.0667. The summed E-state index contributed by atoms with van der Waals surface area (Å²) in [6, 6.07) is 12.4. The molecule has 2 aromatic rings. The Bertz CT molecular complexity index is 604. The Morgan fingerprint density at radius 3 is 2.58 bits per heavy atom. The van der Waals surface area contributed by atoms with E-state index in [-0.39, 0.29) is 5.78 Å². The molecule has 0 fully saturated rings. The SMILES string of the molecule is COc1ccc(C(=O)C=C[n+]2ccccc2N)cc1. The topological polar surface area (TPSA) is 56.2 Å². The van der Waals surface area contributed by atoms with Gasteiger partial charge in [0.05, 0.1) is 19.5 Å². The van der Waals surface area contributed by atoms with Crippen molar-refractivity contribution in [3.63, 3.8) is 0 Å². The number of methoxy groups -OCH3 is 1. The molecule has 96 valence electrons. The lowest BCUT2D eigenvalue weighted by molar-refractivity contribution is -0.552. The number of aromatic nitrogens is 1. The van der Waals surface area contributed by atoms with E-state index in [0.29, 0.717) is 11.4 Å². The van der Waals surface area contributed by atoms with Gasteiger partial charge in [-0.15, -0.1) is 0 Å². The van der Waals surface area contributed by atoms with Gasteiger partial charge in [-0.1, -0.05) is 6.07 Å². The zero-order chi connectivity index (χ0) is 13.7. The van der Waals surface area contributed by atoms with Gasteiger partial charge in [-0.3, -0.25) is 10.5 Å². The van der Waals surface area contributed by atoms with Gasteiger partial charge >= 0.3 is 0 Å². The molecular weight excluding hydrogens is 240 g/mol. The molecule has 0 saturated heterocycles. The van der Waals surface area contributed by atoms with Gasteiger partial charge in [-0.05, 0) is 30.3 Å². The Morgan fingerprint density at radius 2 is 1.95 bits per heavy atom. The van der Waals surface area contributed by atoms with Crippen LogP contribution in [0.25, 0.3) is 6.20 Å². The van der Waals surface area contributed by atoms with Gasteiger partial charge in [-0.2, -0.15) is 0 Å². The fourth-order valence-electron chi connectivity index (χ4n) is 1.60. The first-order valence-corrected chi connectivity index (χ1v) is 5.83. The van der Waals surface area contributed by atoms with Crippen LogP contribution >= 0.6 is 0 Å². The Morgan fingerprint density at radius 1 is 1.21 bits per heavy atom. The van der Waals surface area contributed by atoms with Crippen LogP contribution in [0, 0.1) is 0 Å². The molecule has 2 rings (SSSR count). The number of benzene rings is 1. The fourth-order valence-corrected chi connectivity index (χ4v) is 1.60. The average Bonchev–Trinajstić information content (AvgIpc) is 2.46. The van der Waals surface area contributed by atoms with E-state index in [4.69, 9.17) is 10.5 Å². The van der Waals surface area contributed by atoms with E-state index in [9.17, 15) is 4.79 Å². The monoisotopic (exact) mass is 255 g/mol. The number of allylic oxidation sites excluding steroid dienone is 1. The molecule has 0 bridgehead atoms. The van der Waals surface area contributed by atoms with Crippen LogP contribution in [0.5, 0.6) is 5.75 Å². The van der Waals surface area contributed by atoms with Crippen LogP contribution in [0.15, 0.2) is 54.7 Å². The third-order valence-electron chi connectivity index (χ3n) is 2.68. The number of nitrogen functional groups attached to an aromatic ring is 1. The van der Waals surface area contributed by atoms with Crippen molar-refractivity contribution in [1.82, 2.24) is 0 Å². The van der Waals surface area contributed by atoms with Crippen LogP contribution in [0.1, 0.15) is 10.4 Å². The van der Waals surface area contributed by atoms with Crippen molar-refractivity contribution < 1.29 is 14.1 Å². The highest BCUT2D eigenvalue weighted by molar-refractivity contribution is 6.05. The summed E-state index contributed by atoms with van der Waals surface area (Å²) < 4.78 is 6.73. The maximum atomic E-state index is 11.9. The number of anilines is 1. The van der Waals surface area contributed by atoms with Gasteiger partial charge in [-0.25, -0.2) is 4.57 Å². The minimum Gasteiger partial charge on any atom is -0.497 e. The maximum absolute atomic E-state index is 11.9. The summed E-state index contributed by atoms with van der Waals surface area (Å²) in [4.78, 5) is 11.9. The third kappa shape index (κ3) is 3.19. The molecule has 0 atom stereocenters. The second-order valence-electron chi connectivity index (χ2n) is 3.94.